The van der Waals surface area contributed by atoms with Gasteiger partial charge in [0.25, 0.3) is 0 Å². The third-order valence-corrected chi connectivity index (χ3v) is 3.40. The number of rotatable bonds is 4. The highest BCUT2D eigenvalue weighted by atomic mass is 35.5. The molecule has 0 aliphatic heterocycles. The van der Waals surface area contributed by atoms with E-state index in [2.05, 4.69) is 19.1 Å². The minimum atomic E-state index is -0.616. The zero-order chi connectivity index (χ0) is 13.8. The van der Waals surface area contributed by atoms with E-state index in [1.165, 1.54) is 5.56 Å². The highest BCUT2D eigenvalue weighted by Gasteiger charge is 2.12. The van der Waals surface area contributed by atoms with Crippen molar-refractivity contribution in [2.75, 3.05) is 0 Å². The Morgan fingerprint density at radius 3 is 2.58 bits per heavy atom. The van der Waals surface area contributed by atoms with Crippen LogP contribution < -0.4 is 0 Å². The van der Waals surface area contributed by atoms with E-state index in [-0.39, 0.29) is 0 Å². The summed E-state index contributed by atoms with van der Waals surface area (Å²) in [4.78, 5) is 0. The number of hydrogen-bond donors (Lipinski definition) is 1. The molecule has 0 bridgehead atoms. The largest absolute Gasteiger partial charge is 0.384 e. The molecular formula is C17H19ClO. The minimum Gasteiger partial charge on any atom is -0.384 e. The Kier molecular flexibility index (Phi) is 4.62. The number of hydrogen-bond acceptors (Lipinski definition) is 1. The lowest BCUT2D eigenvalue weighted by atomic mass is 9.97. The molecule has 1 atom stereocenters. The topological polar surface area (TPSA) is 20.2 Å². The highest BCUT2D eigenvalue weighted by Crippen LogP contribution is 2.26. The van der Waals surface area contributed by atoms with Crippen LogP contribution in [-0.4, -0.2) is 5.11 Å². The Morgan fingerprint density at radius 2 is 1.89 bits per heavy atom. The van der Waals surface area contributed by atoms with Crippen molar-refractivity contribution in [3.8, 4) is 0 Å². The van der Waals surface area contributed by atoms with Gasteiger partial charge in [-0.1, -0.05) is 55.3 Å². The van der Waals surface area contributed by atoms with Gasteiger partial charge in [0.15, 0.2) is 0 Å². The summed E-state index contributed by atoms with van der Waals surface area (Å²) in [7, 11) is 0. The number of aliphatic hydroxyl groups is 1. The number of benzene rings is 2. The highest BCUT2D eigenvalue weighted by molar-refractivity contribution is 6.30. The monoisotopic (exact) mass is 274 g/mol. The average molecular weight is 275 g/mol. The maximum atomic E-state index is 10.5. The maximum absolute atomic E-state index is 10.5. The third-order valence-electron chi connectivity index (χ3n) is 3.19. The number of aryl methyl sites for hydroxylation is 2. The van der Waals surface area contributed by atoms with Crippen LogP contribution in [0.2, 0.25) is 5.02 Å². The quantitative estimate of drug-likeness (QED) is 0.858. The molecule has 0 heterocycles. The fourth-order valence-electron chi connectivity index (χ4n) is 2.32. The number of aliphatic hydroxyl groups excluding tert-OH is 1. The summed E-state index contributed by atoms with van der Waals surface area (Å²) in [6.45, 7) is 4.14. The molecule has 0 saturated carbocycles. The van der Waals surface area contributed by atoms with E-state index in [4.69, 9.17) is 11.6 Å². The Morgan fingerprint density at radius 1 is 1.11 bits per heavy atom. The molecule has 1 unspecified atom stereocenters. The first-order chi connectivity index (χ1) is 9.10. The molecule has 2 heteroatoms. The van der Waals surface area contributed by atoms with Crippen LogP contribution in [0.4, 0.5) is 0 Å². The van der Waals surface area contributed by atoms with Gasteiger partial charge in [-0.05, 0) is 47.7 Å². The zero-order valence-electron chi connectivity index (χ0n) is 11.4. The lowest BCUT2D eigenvalue weighted by molar-refractivity contribution is 0.220. The van der Waals surface area contributed by atoms with Gasteiger partial charge in [-0.15, -0.1) is 0 Å². The minimum absolute atomic E-state index is 0.616. The van der Waals surface area contributed by atoms with Gasteiger partial charge in [-0.2, -0.15) is 0 Å². The van der Waals surface area contributed by atoms with Crippen molar-refractivity contribution in [2.45, 2.75) is 32.8 Å². The van der Waals surface area contributed by atoms with Crippen molar-refractivity contribution < 1.29 is 5.11 Å². The molecule has 0 amide bonds. The van der Waals surface area contributed by atoms with Gasteiger partial charge < -0.3 is 5.11 Å². The summed E-state index contributed by atoms with van der Waals surface area (Å²) in [5.74, 6) is 0. The molecule has 0 radical (unpaired) electrons. The smallest absolute Gasteiger partial charge is 0.104 e. The van der Waals surface area contributed by atoms with Crippen molar-refractivity contribution in [2.24, 2.45) is 0 Å². The fourth-order valence-corrected chi connectivity index (χ4v) is 2.62. The summed E-state index contributed by atoms with van der Waals surface area (Å²) in [5, 5.41) is 11.1. The van der Waals surface area contributed by atoms with Gasteiger partial charge in [0.1, 0.15) is 6.10 Å². The van der Waals surface area contributed by atoms with Crippen molar-refractivity contribution in [3.63, 3.8) is 0 Å². The van der Waals surface area contributed by atoms with Crippen LogP contribution in [0.1, 0.15) is 41.7 Å². The van der Waals surface area contributed by atoms with Crippen LogP contribution >= 0.6 is 11.6 Å². The van der Waals surface area contributed by atoms with E-state index in [1.807, 2.05) is 37.3 Å². The average Bonchev–Trinajstić information content (AvgIpc) is 2.37. The summed E-state index contributed by atoms with van der Waals surface area (Å²) in [6.07, 6.45) is 1.53. The molecule has 100 valence electrons. The van der Waals surface area contributed by atoms with Crippen molar-refractivity contribution in [1.29, 1.82) is 0 Å². The summed E-state index contributed by atoms with van der Waals surface area (Å²) in [5.41, 5.74) is 4.09. The second-order valence-corrected chi connectivity index (χ2v) is 5.40. The summed E-state index contributed by atoms with van der Waals surface area (Å²) < 4.78 is 0. The molecular weight excluding hydrogens is 256 g/mol. The van der Waals surface area contributed by atoms with Gasteiger partial charge in [-0.25, -0.2) is 0 Å². The van der Waals surface area contributed by atoms with Gasteiger partial charge in [0.05, 0.1) is 0 Å². The SMILES string of the molecule is CCCc1cccc(C(O)c2cc(C)cc(Cl)c2)c1. The molecule has 0 spiro atoms. The Hall–Kier alpha value is -1.31. The van der Waals surface area contributed by atoms with Gasteiger partial charge in [-0.3, -0.25) is 0 Å². The molecule has 0 aromatic heterocycles. The molecule has 2 aromatic carbocycles. The Bertz CT molecular complexity index is 543. The van der Waals surface area contributed by atoms with Gasteiger partial charge in [0, 0.05) is 5.02 Å². The molecule has 1 N–H and O–H groups in total. The van der Waals surface area contributed by atoms with E-state index < -0.39 is 6.10 Å². The second kappa shape index (κ2) is 6.23. The zero-order valence-corrected chi connectivity index (χ0v) is 12.1. The normalized spacial score (nSPS) is 12.4. The van der Waals surface area contributed by atoms with Crippen LogP contribution in [0.15, 0.2) is 42.5 Å². The predicted octanol–water partition coefficient (Wildman–Crippen LogP) is 4.68. The second-order valence-electron chi connectivity index (χ2n) is 4.96. The van der Waals surface area contributed by atoms with Gasteiger partial charge >= 0.3 is 0 Å². The first-order valence-electron chi connectivity index (χ1n) is 6.64. The van der Waals surface area contributed by atoms with Crippen molar-refractivity contribution >= 4 is 11.6 Å². The van der Waals surface area contributed by atoms with Crippen LogP contribution in [0.5, 0.6) is 0 Å². The van der Waals surface area contributed by atoms with Crippen LogP contribution in [-0.2, 0) is 6.42 Å². The first kappa shape index (κ1) is 14.1. The van der Waals surface area contributed by atoms with E-state index in [0.29, 0.717) is 5.02 Å². The van der Waals surface area contributed by atoms with Gasteiger partial charge in [0.2, 0.25) is 0 Å². The fraction of sp³-hybridized carbons (Fsp3) is 0.294. The van der Waals surface area contributed by atoms with Crippen molar-refractivity contribution in [3.05, 3.63) is 69.7 Å². The van der Waals surface area contributed by atoms with E-state index in [0.717, 1.165) is 29.5 Å². The molecule has 0 aliphatic rings. The predicted molar refractivity (Wildman–Crippen MR) is 80.7 cm³/mol. The maximum Gasteiger partial charge on any atom is 0.104 e. The third kappa shape index (κ3) is 3.59. The Labute approximate surface area is 119 Å². The number of halogens is 1. The lowest BCUT2D eigenvalue weighted by Crippen LogP contribution is -2.01. The molecule has 1 nitrogen and oxygen atoms in total. The van der Waals surface area contributed by atoms with Crippen LogP contribution in [0, 0.1) is 6.92 Å². The molecule has 19 heavy (non-hydrogen) atoms. The molecule has 2 rings (SSSR count). The van der Waals surface area contributed by atoms with E-state index in [9.17, 15) is 5.11 Å². The molecule has 0 aliphatic carbocycles. The molecule has 2 aromatic rings. The Balaban J connectivity index is 2.32. The van der Waals surface area contributed by atoms with Crippen molar-refractivity contribution in [1.82, 2.24) is 0 Å². The summed E-state index contributed by atoms with van der Waals surface area (Å²) in [6, 6.07) is 13.8. The molecule has 0 fully saturated rings. The van der Waals surface area contributed by atoms with Crippen LogP contribution in [0.25, 0.3) is 0 Å². The first-order valence-corrected chi connectivity index (χ1v) is 7.02. The standard InChI is InChI=1S/C17H19ClO/c1-3-5-13-6-4-7-14(10-13)17(19)15-8-12(2)9-16(18)11-15/h4,6-11,17,19H,3,5H2,1-2H3. The summed E-state index contributed by atoms with van der Waals surface area (Å²) >= 11 is 6.05. The van der Waals surface area contributed by atoms with Crippen LogP contribution in [0.3, 0.4) is 0 Å². The lowest BCUT2D eigenvalue weighted by Gasteiger charge is -2.14. The molecule has 0 saturated heterocycles. The van der Waals surface area contributed by atoms with E-state index in [1.54, 1.807) is 0 Å². The van der Waals surface area contributed by atoms with E-state index >= 15 is 0 Å².